The fraction of sp³-hybridized carbons (Fsp3) is 0.429. The molecule has 5 nitrogen and oxygen atoms in total. The van der Waals surface area contributed by atoms with Gasteiger partial charge < -0.3 is 15.2 Å². The lowest BCUT2D eigenvalue weighted by molar-refractivity contribution is -0.142. The Morgan fingerprint density at radius 3 is 2.80 bits per heavy atom. The largest absolute Gasteiger partial charge is 0.480 e. The Labute approximate surface area is 115 Å². The predicted molar refractivity (Wildman–Crippen MR) is 68.6 cm³/mol. The summed E-state index contributed by atoms with van der Waals surface area (Å²) in [7, 11) is 0. The van der Waals surface area contributed by atoms with Crippen LogP contribution in [-0.4, -0.2) is 36.2 Å². The zero-order valence-corrected chi connectivity index (χ0v) is 10.8. The number of ether oxygens (including phenoxy) is 1. The Kier molecular flexibility index (Phi) is 4.68. The quantitative estimate of drug-likeness (QED) is 0.843. The molecule has 2 N–H and O–H groups in total. The Morgan fingerprint density at radius 2 is 2.20 bits per heavy atom. The summed E-state index contributed by atoms with van der Waals surface area (Å²) in [5.41, 5.74) is 0.267. The smallest absolute Gasteiger partial charge is 0.326 e. The van der Waals surface area contributed by atoms with Gasteiger partial charge >= 0.3 is 5.97 Å². The number of hydrogen-bond acceptors (Lipinski definition) is 3. The van der Waals surface area contributed by atoms with E-state index in [0.717, 1.165) is 0 Å². The highest BCUT2D eigenvalue weighted by Gasteiger charge is 2.28. The maximum Gasteiger partial charge on any atom is 0.326 e. The predicted octanol–water partition coefficient (Wildman–Crippen LogP) is 0.974. The van der Waals surface area contributed by atoms with E-state index >= 15 is 0 Å². The van der Waals surface area contributed by atoms with E-state index in [4.69, 9.17) is 9.84 Å². The van der Waals surface area contributed by atoms with Gasteiger partial charge in [-0.05, 0) is 18.1 Å². The maximum absolute atomic E-state index is 13.5. The molecule has 0 bridgehead atoms. The van der Waals surface area contributed by atoms with Gasteiger partial charge in [0.05, 0.1) is 12.5 Å². The van der Waals surface area contributed by atoms with E-state index in [2.05, 4.69) is 5.32 Å². The van der Waals surface area contributed by atoms with Crippen molar-refractivity contribution in [2.45, 2.75) is 18.9 Å². The number of carbonyl (C=O) groups is 2. The maximum atomic E-state index is 13.5. The zero-order valence-electron chi connectivity index (χ0n) is 10.8. The molecule has 0 aliphatic carbocycles. The van der Waals surface area contributed by atoms with Crippen molar-refractivity contribution < 1.29 is 23.8 Å². The SMILES string of the molecule is O=C(N[C@H](Cc1ccccc1F)C(=O)O)[C@@H]1CCOC1. The van der Waals surface area contributed by atoms with Crippen molar-refractivity contribution >= 4 is 11.9 Å². The van der Waals surface area contributed by atoms with Crippen LogP contribution in [0.4, 0.5) is 4.39 Å². The van der Waals surface area contributed by atoms with Gasteiger partial charge in [-0.3, -0.25) is 4.79 Å². The third-order valence-corrected chi connectivity index (χ3v) is 3.30. The molecule has 2 rings (SSSR count). The molecular weight excluding hydrogens is 265 g/mol. The van der Waals surface area contributed by atoms with E-state index in [1.807, 2.05) is 0 Å². The second kappa shape index (κ2) is 6.47. The fourth-order valence-electron chi connectivity index (χ4n) is 2.11. The van der Waals surface area contributed by atoms with Gasteiger partial charge in [0, 0.05) is 13.0 Å². The first-order valence-corrected chi connectivity index (χ1v) is 6.42. The molecule has 1 fully saturated rings. The van der Waals surface area contributed by atoms with Gasteiger partial charge in [0.25, 0.3) is 0 Å². The van der Waals surface area contributed by atoms with E-state index in [1.54, 1.807) is 6.07 Å². The second-order valence-corrected chi connectivity index (χ2v) is 4.76. The van der Waals surface area contributed by atoms with Crippen molar-refractivity contribution in [3.05, 3.63) is 35.6 Å². The molecule has 1 aromatic rings. The molecular formula is C14H16FNO4. The lowest BCUT2D eigenvalue weighted by atomic mass is 10.0. The van der Waals surface area contributed by atoms with E-state index < -0.39 is 17.8 Å². The van der Waals surface area contributed by atoms with E-state index in [1.165, 1.54) is 18.2 Å². The number of carboxylic acids is 1. The van der Waals surface area contributed by atoms with Crippen LogP contribution in [0.3, 0.4) is 0 Å². The number of aliphatic carboxylic acids is 1. The number of nitrogens with one attached hydrogen (secondary N) is 1. The van der Waals surface area contributed by atoms with Crippen molar-refractivity contribution in [2.75, 3.05) is 13.2 Å². The molecule has 0 saturated carbocycles. The molecule has 0 unspecified atom stereocenters. The molecule has 1 aliphatic rings. The van der Waals surface area contributed by atoms with Crippen molar-refractivity contribution in [3.63, 3.8) is 0 Å². The fourth-order valence-corrected chi connectivity index (χ4v) is 2.11. The van der Waals surface area contributed by atoms with Gasteiger partial charge in [0.1, 0.15) is 11.9 Å². The van der Waals surface area contributed by atoms with Crippen LogP contribution in [0.25, 0.3) is 0 Å². The van der Waals surface area contributed by atoms with Gasteiger partial charge in [-0.1, -0.05) is 18.2 Å². The van der Waals surface area contributed by atoms with Gasteiger partial charge in [-0.15, -0.1) is 0 Å². The highest BCUT2D eigenvalue weighted by Crippen LogP contribution is 2.14. The zero-order chi connectivity index (χ0) is 14.5. The Bertz CT molecular complexity index is 500. The van der Waals surface area contributed by atoms with Gasteiger partial charge in [-0.25, -0.2) is 9.18 Å². The van der Waals surface area contributed by atoms with Crippen LogP contribution in [-0.2, 0) is 20.7 Å². The number of halogens is 1. The molecule has 6 heteroatoms. The van der Waals surface area contributed by atoms with E-state index in [0.29, 0.717) is 19.6 Å². The molecule has 1 amide bonds. The van der Waals surface area contributed by atoms with Crippen LogP contribution in [0.1, 0.15) is 12.0 Å². The number of amides is 1. The molecule has 1 aliphatic heterocycles. The topological polar surface area (TPSA) is 75.6 Å². The van der Waals surface area contributed by atoms with Gasteiger partial charge in [0.15, 0.2) is 0 Å². The van der Waals surface area contributed by atoms with Crippen LogP contribution >= 0.6 is 0 Å². The Balaban J connectivity index is 2.02. The average molecular weight is 281 g/mol. The highest BCUT2D eigenvalue weighted by molar-refractivity contribution is 5.85. The van der Waals surface area contributed by atoms with Crippen LogP contribution in [0.2, 0.25) is 0 Å². The summed E-state index contributed by atoms with van der Waals surface area (Å²) in [5.74, 6) is -2.33. The number of rotatable bonds is 5. The van der Waals surface area contributed by atoms with Crippen LogP contribution < -0.4 is 5.32 Å². The molecule has 1 aromatic carbocycles. The lowest BCUT2D eigenvalue weighted by Gasteiger charge is -2.17. The summed E-state index contributed by atoms with van der Waals surface area (Å²) in [4.78, 5) is 23.1. The first kappa shape index (κ1) is 14.5. The summed E-state index contributed by atoms with van der Waals surface area (Å²) in [6.07, 6.45) is 0.499. The summed E-state index contributed by atoms with van der Waals surface area (Å²) in [6.45, 7) is 0.807. The van der Waals surface area contributed by atoms with Crippen LogP contribution in [0, 0.1) is 11.7 Å². The summed E-state index contributed by atoms with van der Waals surface area (Å²) >= 11 is 0. The number of hydrogen-bond donors (Lipinski definition) is 2. The third kappa shape index (κ3) is 3.54. The molecule has 0 radical (unpaired) electrons. The summed E-state index contributed by atoms with van der Waals surface area (Å²) in [6, 6.07) is 4.80. The van der Waals surface area contributed by atoms with Crippen molar-refractivity contribution in [1.29, 1.82) is 0 Å². The third-order valence-electron chi connectivity index (χ3n) is 3.30. The highest BCUT2D eigenvalue weighted by atomic mass is 19.1. The number of carboxylic acid groups (broad SMARTS) is 1. The molecule has 2 atom stereocenters. The second-order valence-electron chi connectivity index (χ2n) is 4.76. The average Bonchev–Trinajstić information content (AvgIpc) is 2.94. The number of benzene rings is 1. The van der Waals surface area contributed by atoms with Gasteiger partial charge in [0.2, 0.25) is 5.91 Å². The molecule has 1 saturated heterocycles. The molecule has 1 heterocycles. The van der Waals surface area contributed by atoms with Crippen molar-refractivity contribution in [2.24, 2.45) is 5.92 Å². The summed E-state index contributed by atoms with van der Waals surface area (Å²) in [5, 5.41) is 11.6. The first-order valence-electron chi connectivity index (χ1n) is 6.42. The minimum atomic E-state index is -1.18. The molecule has 0 spiro atoms. The Hall–Kier alpha value is -1.95. The normalized spacial score (nSPS) is 19.6. The molecule has 0 aromatic heterocycles. The summed E-state index contributed by atoms with van der Waals surface area (Å²) < 4.78 is 18.6. The Morgan fingerprint density at radius 1 is 1.45 bits per heavy atom. The molecule has 108 valence electrons. The van der Waals surface area contributed by atoms with Crippen molar-refractivity contribution in [1.82, 2.24) is 5.32 Å². The van der Waals surface area contributed by atoms with E-state index in [-0.39, 0.29) is 23.8 Å². The van der Waals surface area contributed by atoms with Crippen LogP contribution in [0.15, 0.2) is 24.3 Å². The van der Waals surface area contributed by atoms with Crippen molar-refractivity contribution in [3.8, 4) is 0 Å². The first-order chi connectivity index (χ1) is 9.58. The van der Waals surface area contributed by atoms with Crippen LogP contribution in [0.5, 0.6) is 0 Å². The lowest BCUT2D eigenvalue weighted by Crippen LogP contribution is -2.45. The van der Waals surface area contributed by atoms with E-state index in [9.17, 15) is 14.0 Å². The minimum Gasteiger partial charge on any atom is -0.480 e. The monoisotopic (exact) mass is 281 g/mol. The minimum absolute atomic E-state index is 0.0820. The standard InChI is InChI=1S/C14H16FNO4/c15-11-4-2-1-3-9(11)7-12(14(18)19)16-13(17)10-5-6-20-8-10/h1-4,10,12H,5-8H2,(H,16,17)(H,18,19)/t10-,12-/m1/s1. The van der Waals surface area contributed by atoms with Gasteiger partial charge in [-0.2, -0.15) is 0 Å². The molecule has 20 heavy (non-hydrogen) atoms. The number of carbonyl (C=O) groups excluding carboxylic acids is 1.